The molecule has 0 fully saturated rings. The van der Waals surface area contributed by atoms with Gasteiger partial charge in [-0.05, 0) is 24.1 Å². The first-order chi connectivity index (χ1) is 9.01. The highest BCUT2D eigenvalue weighted by Crippen LogP contribution is 2.20. The Hall–Kier alpha value is -1.71. The van der Waals surface area contributed by atoms with Crippen LogP contribution in [-0.4, -0.2) is 30.3 Å². The van der Waals surface area contributed by atoms with Crippen LogP contribution in [-0.2, 0) is 16.4 Å². The molecule has 0 bridgehead atoms. The van der Waals surface area contributed by atoms with Gasteiger partial charge in [0.25, 0.3) is 14.4 Å². The first kappa shape index (κ1) is 13.7. The van der Waals surface area contributed by atoms with Crippen LogP contribution < -0.4 is 10.5 Å². The monoisotopic (exact) mass is 300 g/mol. The number of nitrogens with zero attached hydrogens (tertiary/aromatic N) is 2. The van der Waals surface area contributed by atoms with Gasteiger partial charge in [-0.15, -0.1) is 10.2 Å². The van der Waals surface area contributed by atoms with Gasteiger partial charge in [-0.1, -0.05) is 23.5 Å². The number of sulfonamides is 1. The lowest BCUT2D eigenvalue weighted by Gasteiger charge is -2.05. The van der Waals surface area contributed by atoms with E-state index in [1.165, 1.54) is 0 Å². The number of rotatable bonds is 5. The molecule has 2 rings (SSSR count). The van der Waals surface area contributed by atoms with Crippen molar-refractivity contribution >= 4 is 32.2 Å². The molecule has 0 aliphatic carbocycles. The third-order valence-corrected chi connectivity index (χ3v) is 4.76. The quantitative estimate of drug-likeness (QED) is 0.738. The minimum absolute atomic E-state index is 0.0507. The van der Waals surface area contributed by atoms with E-state index in [1.807, 2.05) is 0 Å². The van der Waals surface area contributed by atoms with Crippen molar-refractivity contribution in [2.75, 3.05) is 17.1 Å². The second-order valence-electron chi connectivity index (χ2n) is 3.68. The van der Waals surface area contributed by atoms with Crippen LogP contribution in [0.25, 0.3) is 0 Å². The van der Waals surface area contributed by atoms with Gasteiger partial charge >= 0.3 is 0 Å². The number of aliphatic hydroxyl groups excluding tert-OH is 1. The Morgan fingerprint density at radius 1 is 1.26 bits per heavy atom. The van der Waals surface area contributed by atoms with Crippen LogP contribution in [0.5, 0.6) is 0 Å². The highest BCUT2D eigenvalue weighted by molar-refractivity contribution is 7.94. The third kappa shape index (κ3) is 3.40. The summed E-state index contributed by atoms with van der Waals surface area (Å²) in [7, 11) is -3.75. The molecule has 0 spiro atoms. The molecule has 102 valence electrons. The topological polar surface area (TPSA) is 118 Å². The molecular formula is C10H12N4O3S2. The molecule has 0 saturated heterocycles. The Kier molecular flexibility index (Phi) is 3.98. The molecule has 0 unspecified atom stereocenters. The molecule has 0 amide bonds. The number of aromatic nitrogens is 2. The maximum atomic E-state index is 11.9. The SMILES string of the molecule is Nc1nnc(S(=O)(=O)Nc2ccc(CCO)cc2)s1. The molecule has 1 aromatic carbocycles. The second-order valence-corrected chi connectivity index (χ2v) is 6.55. The van der Waals surface area contributed by atoms with Gasteiger partial charge in [0, 0.05) is 12.3 Å². The van der Waals surface area contributed by atoms with Gasteiger partial charge in [0.1, 0.15) is 0 Å². The number of hydrogen-bond acceptors (Lipinski definition) is 7. The number of anilines is 2. The minimum atomic E-state index is -3.75. The van der Waals surface area contributed by atoms with Crippen LogP contribution in [0.4, 0.5) is 10.8 Å². The Morgan fingerprint density at radius 3 is 2.47 bits per heavy atom. The van der Waals surface area contributed by atoms with Crippen molar-refractivity contribution < 1.29 is 13.5 Å². The number of hydrogen-bond donors (Lipinski definition) is 3. The summed E-state index contributed by atoms with van der Waals surface area (Å²) in [5, 5.41) is 15.8. The Morgan fingerprint density at radius 2 is 1.95 bits per heavy atom. The average Bonchev–Trinajstić information content (AvgIpc) is 2.79. The fraction of sp³-hybridized carbons (Fsp3) is 0.200. The van der Waals surface area contributed by atoms with E-state index >= 15 is 0 Å². The van der Waals surface area contributed by atoms with Crippen LogP contribution in [0.15, 0.2) is 28.6 Å². The number of nitrogens with two attached hydrogens (primary N) is 1. The summed E-state index contributed by atoms with van der Waals surface area (Å²) in [6.07, 6.45) is 0.528. The molecule has 0 aliphatic heterocycles. The fourth-order valence-electron chi connectivity index (χ4n) is 1.40. The lowest BCUT2D eigenvalue weighted by molar-refractivity contribution is 0.299. The second kappa shape index (κ2) is 5.51. The molecule has 0 atom stereocenters. The van der Waals surface area contributed by atoms with Crippen molar-refractivity contribution in [2.24, 2.45) is 0 Å². The molecular weight excluding hydrogens is 288 g/mol. The summed E-state index contributed by atoms with van der Waals surface area (Å²) in [4.78, 5) is 0. The number of benzene rings is 1. The number of nitrogens with one attached hydrogen (secondary N) is 1. The van der Waals surface area contributed by atoms with Crippen LogP contribution in [0.1, 0.15) is 5.56 Å². The van der Waals surface area contributed by atoms with Gasteiger partial charge < -0.3 is 10.8 Å². The average molecular weight is 300 g/mol. The molecule has 4 N–H and O–H groups in total. The maximum Gasteiger partial charge on any atom is 0.291 e. The molecule has 9 heteroatoms. The van der Waals surface area contributed by atoms with E-state index in [1.54, 1.807) is 24.3 Å². The Balaban J connectivity index is 2.16. The smallest absolute Gasteiger partial charge is 0.291 e. The largest absolute Gasteiger partial charge is 0.396 e. The van der Waals surface area contributed by atoms with E-state index in [-0.39, 0.29) is 16.1 Å². The predicted octanol–water partition coefficient (Wildman–Crippen LogP) is 0.456. The van der Waals surface area contributed by atoms with Crippen molar-refractivity contribution in [1.29, 1.82) is 0 Å². The summed E-state index contributed by atoms with van der Waals surface area (Å²) >= 11 is 0.797. The fourth-order valence-corrected chi connectivity index (χ4v) is 3.24. The predicted molar refractivity (Wildman–Crippen MR) is 72.4 cm³/mol. The summed E-state index contributed by atoms with van der Waals surface area (Å²) < 4.78 is 26.1. The van der Waals surface area contributed by atoms with Crippen molar-refractivity contribution in [3.63, 3.8) is 0 Å². The van der Waals surface area contributed by atoms with E-state index in [4.69, 9.17) is 10.8 Å². The number of nitrogen functional groups attached to an aromatic ring is 1. The summed E-state index contributed by atoms with van der Waals surface area (Å²) in [6, 6.07) is 6.71. The summed E-state index contributed by atoms with van der Waals surface area (Å²) in [5.74, 6) is 0. The molecule has 1 heterocycles. The van der Waals surface area contributed by atoms with E-state index in [0.717, 1.165) is 16.9 Å². The minimum Gasteiger partial charge on any atom is -0.396 e. The maximum absolute atomic E-state index is 11.9. The lowest BCUT2D eigenvalue weighted by atomic mass is 10.1. The van der Waals surface area contributed by atoms with Gasteiger partial charge in [0.15, 0.2) is 0 Å². The van der Waals surface area contributed by atoms with Gasteiger partial charge in [-0.2, -0.15) is 8.42 Å². The standard InChI is InChI=1S/C10H12N4O3S2/c11-9-12-13-10(18-9)19(16,17)14-8-3-1-7(2-4-8)5-6-15/h1-4,14-15H,5-6H2,(H2,11,12). The van der Waals surface area contributed by atoms with Crippen LogP contribution >= 0.6 is 11.3 Å². The molecule has 2 aromatic rings. The van der Waals surface area contributed by atoms with Crippen molar-refractivity contribution in [3.05, 3.63) is 29.8 Å². The normalized spacial score (nSPS) is 11.4. The third-order valence-electron chi connectivity index (χ3n) is 2.26. The Labute approximate surface area is 114 Å². The highest BCUT2D eigenvalue weighted by Gasteiger charge is 2.19. The van der Waals surface area contributed by atoms with Gasteiger partial charge in [0.2, 0.25) is 5.13 Å². The van der Waals surface area contributed by atoms with Crippen molar-refractivity contribution in [2.45, 2.75) is 10.8 Å². The van der Waals surface area contributed by atoms with E-state index < -0.39 is 10.0 Å². The van der Waals surface area contributed by atoms with Gasteiger partial charge in [0.05, 0.1) is 0 Å². The van der Waals surface area contributed by atoms with E-state index in [0.29, 0.717) is 12.1 Å². The zero-order valence-electron chi connectivity index (χ0n) is 9.78. The van der Waals surface area contributed by atoms with E-state index in [9.17, 15) is 8.42 Å². The van der Waals surface area contributed by atoms with Gasteiger partial charge in [-0.25, -0.2) is 0 Å². The van der Waals surface area contributed by atoms with Crippen molar-refractivity contribution in [3.8, 4) is 0 Å². The number of aliphatic hydroxyl groups is 1. The Bertz CT molecular complexity index is 652. The van der Waals surface area contributed by atoms with Crippen LogP contribution in [0.3, 0.4) is 0 Å². The highest BCUT2D eigenvalue weighted by atomic mass is 32.2. The first-order valence-corrected chi connectivity index (χ1v) is 7.63. The molecule has 0 saturated carbocycles. The molecule has 0 aliphatic rings. The molecule has 19 heavy (non-hydrogen) atoms. The van der Waals surface area contributed by atoms with E-state index in [2.05, 4.69) is 14.9 Å². The van der Waals surface area contributed by atoms with Crippen LogP contribution in [0, 0.1) is 0 Å². The summed E-state index contributed by atoms with van der Waals surface area (Å²) in [6.45, 7) is 0.0507. The zero-order chi connectivity index (χ0) is 13.9. The van der Waals surface area contributed by atoms with Crippen molar-refractivity contribution in [1.82, 2.24) is 10.2 Å². The molecule has 0 radical (unpaired) electrons. The molecule has 1 aromatic heterocycles. The first-order valence-electron chi connectivity index (χ1n) is 5.33. The van der Waals surface area contributed by atoms with Gasteiger partial charge in [-0.3, -0.25) is 4.72 Å². The summed E-state index contributed by atoms with van der Waals surface area (Å²) in [5.41, 5.74) is 6.69. The lowest BCUT2D eigenvalue weighted by Crippen LogP contribution is -2.12. The van der Waals surface area contributed by atoms with Crippen LogP contribution in [0.2, 0.25) is 0 Å². The molecule has 7 nitrogen and oxygen atoms in total. The zero-order valence-corrected chi connectivity index (χ0v) is 11.4.